The van der Waals surface area contributed by atoms with Gasteiger partial charge < -0.3 is 21.1 Å². The summed E-state index contributed by atoms with van der Waals surface area (Å²) in [5.74, 6) is 0.802. The molecule has 0 saturated heterocycles. The number of aromatic nitrogens is 12. The van der Waals surface area contributed by atoms with Gasteiger partial charge in [-0.1, -0.05) is 0 Å². The van der Waals surface area contributed by atoms with Crippen molar-refractivity contribution in [3.63, 3.8) is 0 Å². The molecule has 0 amide bonds. The van der Waals surface area contributed by atoms with Crippen LogP contribution in [0.1, 0.15) is 0 Å². The molecule has 0 aliphatic heterocycles. The summed E-state index contributed by atoms with van der Waals surface area (Å²) in [6.45, 7) is 0. The average Bonchev–Trinajstić information content (AvgIpc) is 3.31. The molecule has 0 aliphatic carbocycles. The third-order valence-electron chi connectivity index (χ3n) is 2.22. The van der Waals surface area contributed by atoms with Crippen molar-refractivity contribution in [3.8, 4) is 23.0 Å². The molecule has 15 heteroatoms. The minimum atomic E-state index is 0. The fourth-order valence-corrected chi connectivity index (χ4v) is 1.32. The van der Waals surface area contributed by atoms with Crippen LogP contribution in [0, 0.1) is 0 Å². The molecule has 0 fully saturated rings. The van der Waals surface area contributed by atoms with E-state index in [4.69, 9.17) is 0 Å². The molecule has 4 aromatic rings. The molecule has 129 valence electrons. The third-order valence-corrected chi connectivity index (χ3v) is 2.22. The van der Waals surface area contributed by atoms with Crippen molar-refractivity contribution in [2.45, 2.75) is 0 Å². The van der Waals surface area contributed by atoms with Crippen LogP contribution in [0.2, 0.25) is 0 Å². The molecule has 0 bridgehead atoms. The van der Waals surface area contributed by atoms with Crippen LogP contribution in [-0.4, -0.2) is 50.9 Å². The predicted octanol–water partition coefficient (Wildman–Crippen LogP) is -3.27. The van der Waals surface area contributed by atoms with Crippen molar-refractivity contribution in [3.05, 3.63) is 37.2 Å². The van der Waals surface area contributed by atoms with Gasteiger partial charge in [0.1, 0.15) is 5.69 Å². The topological polar surface area (TPSA) is 223 Å². The summed E-state index contributed by atoms with van der Waals surface area (Å²) >= 11 is 0. The van der Waals surface area contributed by atoms with Crippen molar-refractivity contribution in [2.24, 2.45) is 0 Å². The Hall–Kier alpha value is -3.26. The summed E-state index contributed by atoms with van der Waals surface area (Å²) in [6.07, 6.45) is 9.38. The van der Waals surface area contributed by atoms with Crippen LogP contribution < -0.4 is 10.3 Å². The largest absolute Gasteiger partial charge is 2.00 e. The molecule has 4 heterocycles. The van der Waals surface area contributed by atoms with Crippen molar-refractivity contribution in [1.82, 2.24) is 61.2 Å². The maximum atomic E-state index is 3.95. The van der Waals surface area contributed by atoms with Gasteiger partial charge >= 0.3 is 17.1 Å². The molecule has 0 aromatic carbocycles. The Morgan fingerprint density at radius 3 is 1.92 bits per heavy atom. The van der Waals surface area contributed by atoms with Crippen LogP contribution in [0.15, 0.2) is 37.2 Å². The van der Waals surface area contributed by atoms with Crippen molar-refractivity contribution < 1.29 is 28.0 Å². The Bertz CT molecular complexity index is 714. The van der Waals surface area contributed by atoms with Gasteiger partial charge in [0, 0.05) is 24.8 Å². The summed E-state index contributed by atoms with van der Waals surface area (Å²) < 4.78 is 0. The van der Waals surface area contributed by atoms with Gasteiger partial charge in [-0.2, -0.15) is 5.21 Å². The van der Waals surface area contributed by atoms with Gasteiger partial charge in [-0.05, 0) is 0 Å². The molecule has 0 saturated carbocycles. The zero-order valence-corrected chi connectivity index (χ0v) is 13.5. The van der Waals surface area contributed by atoms with E-state index in [0.717, 1.165) is 0 Å². The minimum Gasteiger partial charge on any atom is -0.457 e. The zero-order valence-electron chi connectivity index (χ0n) is 12.4. The molecule has 25 heavy (non-hydrogen) atoms. The fraction of sp³-hybridized carbons (Fsp3) is 0. The monoisotopic (exact) mass is 387 g/mol. The van der Waals surface area contributed by atoms with E-state index in [9.17, 15) is 0 Å². The Morgan fingerprint density at radius 2 is 1.44 bits per heavy atom. The molecule has 4 aromatic heterocycles. The van der Waals surface area contributed by atoms with Crippen molar-refractivity contribution in [2.75, 3.05) is 0 Å². The van der Waals surface area contributed by atoms with E-state index >= 15 is 0 Å². The van der Waals surface area contributed by atoms with E-state index < -0.39 is 0 Å². The number of tetrazole rings is 2. The van der Waals surface area contributed by atoms with Gasteiger partial charge in [-0.3, -0.25) is 40.7 Å². The van der Waals surface area contributed by atoms with Crippen LogP contribution in [0.25, 0.3) is 23.0 Å². The van der Waals surface area contributed by atoms with E-state index in [2.05, 4.69) is 61.2 Å². The first kappa shape index (κ1) is 21.7. The molecule has 6 N–H and O–H groups in total. The first-order valence-corrected chi connectivity index (χ1v) is 5.83. The fourth-order valence-electron chi connectivity index (χ4n) is 1.32. The molecule has 14 nitrogen and oxygen atoms in total. The zero-order chi connectivity index (χ0) is 15.0. The second-order valence-corrected chi connectivity index (χ2v) is 3.59. The quantitative estimate of drug-likeness (QED) is 0.244. The summed E-state index contributed by atoms with van der Waals surface area (Å²) in [4.78, 5) is 15.6. The standard InChI is InChI=1S/2C5H3N6.Mn.2H2O/c2*1-2-7-4(3-6-1)5-8-10-11-9-5;;;/h2*1-3H;;2*1H2/q2*-1;+2;;/p+2. The normalized spacial score (nSPS) is 8.64. The third kappa shape index (κ3) is 6.03. The maximum absolute atomic E-state index is 3.95. The molecule has 0 atom stereocenters. The van der Waals surface area contributed by atoms with Crippen molar-refractivity contribution in [1.29, 1.82) is 0 Å². The Labute approximate surface area is 150 Å². The van der Waals surface area contributed by atoms with E-state index in [-0.39, 0.29) is 28.0 Å². The van der Waals surface area contributed by atoms with E-state index in [0.29, 0.717) is 23.0 Å². The van der Waals surface area contributed by atoms with Crippen LogP contribution in [-0.2, 0) is 28.0 Å². The van der Waals surface area contributed by atoms with Crippen molar-refractivity contribution >= 4 is 0 Å². The first-order chi connectivity index (χ1) is 10.9. The summed E-state index contributed by atoms with van der Waals surface area (Å²) in [5.41, 5.74) is 1.16. The first-order valence-electron chi connectivity index (χ1n) is 5.83. The van der Waals surface area contributed by atoms with E-state index in [1.807, 2.05) is 0 Å². The summed E-state index contributed by atoms with van der Waals surface area (Å²) in [6, 6.07) is 0. The minimum absolute atomic E-state index is 0. The van der Waals surface area contributed by atoms with Crippen LogP contribution in [0.3, 0.4) is 0 Å². The van der Waals surface area contributed by atoms with E-state index in [1.54, 1.807) is 37.2 Å². The molecule has 0 aliphatic rings. The summed E-state index contributed by atoms with van der Waals surface area (Å²) in [7, 11) is 0. The van der Waals surface area contributed by atoms with Crippen LogP contribution in [0.5, 0.6) is 0 Å². The molecule has 0 unspecified atom stereocenters. The number of nitrogens with zero attached hydrogens (tertiary/aromatic N) is 12. The Balaban J connectivity index is 0.000000411. The number of rotatable bonds is 2. The molecular weight excluding hydrogens is 375 g/mol. The second-order valence-electron chi connectivity index (χ2n) is 3.59. The second kappa shape index (κ2) is 11.3. The predicted molar refractivity (Wildman–Crippen MR) is 78.1 cm³/mol. The Kier molecular flexibility index (Phi) is 9.83. The number of hydrogen-bond acceptors (Lipinski definition) is 10. The van der Waals surface area contributed by atoms with Gasteiger partial charge in [-0.15, -0.1) is 0 Å². The molecular formula is C10H12MnN12O2+2. The van der Waals surface area contributed by atoms with Crippen LogP contribution >= 0.6 is 0 Å². The van der Waals surface area contributed by atoms with Gasteiger partial charge in [0.2, 0.25) is 0 Å². The number of hydrogen-bond donors (Lipinski definition) is 0. The molecule has 0 spiro atoms. The van der Waals surface area contributed by atoms with Gasteiger partial charge in [0.05, 0.1) is 29.7 Å². The summed E-state index contributed by atoms with van der Waals surface area (Å²) in [5, 5.41) is 27.7. The van der Waals surface area contributed by atoms with Gasteiger partial charge in [-0.25, -0.2) is 5.10 Å². The van der Waals surface area contributed by atoms with E-state index in [1.165, 1.54) is 0 Å². The average molecular weight is 387 g/mol. The van der Waals surface area contributed by atoms with Crippen LogP contribution in [0.4, 0.5) is 0 Å². The smallest absolute Gasteiger partial charge is 0.457 e. The molecule has 4 rings (SSSR count). The maximum Gasteiger partial charge on any atom is 2.00 e. The van der Waals surface area contributed by atoms with Gasteiger partial charge in [0.25, 0.3) is 0 Å². The molecule has 1 radical (unpaired) electrons. The van der Waals surface area contributed by atoms with Gasteiger partial charge in [0.15, 0.2) is 0 Å². The SMILES string of the molecule is [Mn+2].[OH3+].[OH3+].c1cnc(-c2nn[n-]n2)cn1.c1cnc(-c2nnn[n-]2)cn1. The Morgan fingerprint density at radius 1 is 0.760 bits per heavy atom.